The van der Waals surface area contributed by atoms with Crippen LogP contribution in [0.5, 0.6) is 5.75 Å². The van der Waals surface area contributed by atoms with Crippen molar-refractivity contribution in [2.45, 2.75) is 51.1 Å². The first kappa shape index (κ1) is 23.6. The van der Waals surface area contributed by atoms with Crippen molar-refractivity contribution in [1.82, 2.24) is 15.3 Å². The average molecular weight is 483 g/mol. The largest absolute Gasteiger partial charge is 0.496 e. The van der Waals surface area contributed by atoms with E-state index < -0.39 is 5.92 Å². The fourth-order valence-electron chi connectivity index (χ4n) is 6.10. The minimum absolute atomic E-state index is 0.00185. The van der Waals surface area contributed by atoms with Crippen LogP contribution in [0.4, 0.5) is 8.78 Å². The third-order valence-corrected chi connectivity index (χ3v) is 7.79. The van der Waals surface area contributed by atoms with E-state index in [1.54, 1.807) is 7.11 Å². The lowest BCUT2D eigenvalue weighted by Crippen LogP contribution is -2.53. The molecule has 2 aliphatic rings. The van der Waals surface area contributed by atoms with Crippen molar-refractivity contribution in [3.63, 3.8) is 0 Å². The number of likely N-dealkylation sites (tertiary alicyclic amines) is 1. The molecule has 0 amide bonds. The second kappa shape index (κ2) is 8.80. The Balaban J connectivity index is 1.50. The number of nitrogens with one attached hydrogen (secondary N) is 2. The van der Waals surface area contributed by atoms with Gasteiger partial charge in [0.25, 0.3) is 0 Å². The number of alkyl halides is 2. The molecule has 7 nitrogen and oxygen atoms in total. The fourth-order valence-corrected chi connectivity index (χ4v) is 6.10. The Kier molecular flexibility index (Phi) is 5.93. The van der Waals surface area contributed by atoms with Gasteiger partial charge in [0, 0.05) is 53.7 Å². The van der Waals surface area contributed by atoms with Gasteiger partial charge in [0.1, 0.15) is 5.75 Å². The first-order valence-electron chi connectivity index (χ1n) is 11.9. The van der Waals surface area contributed by atoms with Crippen LogP contribution >= 0.6 is 0 Å². The van der Waals surface area contributed by atoms with Crippen LogP contribution in [0.15, 0.2) is 47.7 Å². The van der Waals surface area contributed by atoms with E-state index in [-0.39, 0.29) is 24.3 Å². The van der Waals surface area contributed by atoms with E-state index in [2.05, 4.69) is 39.5 Å². The second-order valence-corrected chi connectivity index (χ2v) is 10.0. The molecule has 3 aromatic rings. The van der Waals surface area contributed by atoms with E-state index in [4.69, 9.17) is 16.4 Å². The maximum absolute atomic E-state index is 14.0. The zero-order valence-electron chi connectivity index (χ0n) is 20.1. The number of aromatic amines is 1. The number of ether oxygens (including phenoxy) is 1. The van der Waals surface area contributed by atoms with E-state index in [9.17, 15) is 8.78 Å². The number of nitrogens with two attached hydrogens (primary N) is 2. The molecular weight excluding hydrogens is 450 g/mol. The van der Waals surface area contributed by atoms with Crippen molar-refractivity contribution < 1.29 is 13.5 Å². The summed E-state index contributed by atoms with van der Waals surface area (Å²) in [6.07, 6.45) is 3.35. The fraction of sp³-hybridized carbons (Fsp3) is 0.423. The topological polar surface area (TPSA) is 105 Å². The van der Waals surface area contributed by atoms with Crippen molar-refractivity contribution in [3.05, 3.63) is 64.8 Å². The number of piperidine rings is 1. The van der Waals surface area contributed by atoms with Crippen LogP contribution in [0.2, 0.25) is 0 Å². The van der Waals surface area contributed by atoms with Gasteiger partial charge in [-0.25, -0.2) is 14.6 Å². The van der Waals surface area contributed by atoms with Gasteiger partial charge in [0.2, 0.25) is 5.92 Å². The number of amidine groups is 1. The van der Waals surface area contributed by atoms with Gasteiger partial charge in [-0.3, -0.25) is 4.90 Å². The molecule has 1 spiro atoms. The average Bonchev–Trinajstić information content (AvgIpc) is 3.32. The Morgan fingerprint density at radius 2 is 2.00 bits per heavy atom. The molecule has 2 heterocycles. The highest BCUT2D eigenvalue weighted by atomic mass is 19.3. The summed E-state index contributed by atoms with van der Waals surface area (Å²) in [6.45, 7) is 3.47. The predicted molar refractivity (Wildman–Crippen MR) is 133 cm³/mol. The molecule has 1 aliphatic heterocycles. The Morgan fingerprint density at radius 1 is 1.26 bits per heavy atom. The van der Waals surface area contributed by atoms with Crippen LogP contribution < -0.4 is 21.8 Å². The van der Waals surface area contributed by atoms with Gasteiger partial charge in [-0.05, 0) is 55.0 Å². The highest BCUT2D eigenvalue weighted by Gasteiger charge is 2.58. The molecule has 9 heteroatoms. The summed E-state index contributed by atoms with van der Waals surface area (Å²) in [5.74, 6) is 9.60. The number of hydrazine groups is 1. The van der Waals surface area contributed by atoms with Crippen molar-refractivity contribution in [1.29, 1.82) is 0 Å². The van der Waals surface area contributed by atoms with E-state index in [1.807, 2.05) is 30.5 Å². The van der Waals surface area contributed by atoms with Crippen LogP contribution in [-0.2, 0) is 6.54 Å². The van der Waals surface area contributed by atoms with E-state index in [0.717, 1.165) is 51.9 Å². The first-order valence-corrected chi connectivity index (χ1v) is 11.9. The standard InChI is InChI=1S/C26H32F2N6O/c1-16-11-22(35-2)20(19-7-9-31-23(16)19)13-34-10-8-25(14-26(27,28)15-25)12-21(34)17-3-5-18(6-4-17)24(32-29)33-30/h3-7,9,11,21,31H,8,10,12-15,29-30H2,1-2H3,(H,32,33). The minimum Gasteiger partial charge on any atom is -0.496 e. The lowest BCUT2D eigenvalue weighted by Gasteiger charge is -2.54. The number of hydrogen-bond donors (Lipinski definition) is 4. The third kappa shape index (κ3) is 4.23. The molecule has 5 rings (SSSR count). The van der Waals surface area contributed by atoms with Crippen LogP contribution in [-0.4, -0.2) is 35.3 Å². The van der Waals surface area contributed by atoms with E-state index in [1.165, 1.54) is 0 Å². The van der Waals surface area contributed by atoms with Gasteiger partial charge in [-0.15, -0.1) is 0 Å². The van der Waals surface area contributed by atoms with Gasteiger partial charge in [-0.1, -0.05) is 24.3 Å². The van der Waals surface area contributed by atoms with E-state index in [0.29, 0.717) is 18.8 Å². The Morgan fingerprint density at radius 3 is 2.63 bits per heavy atom. The van der Waals surface area contributed by atoms with Gasteiger partial charge in [0.15, 0.2) is 5.84 Å². The number of methoxy groups -OCH3 is 1. The quantitative estimate of drug-likeness (QED) is 0.188. The summed E-state index contributed by atoms with van der Waals surface area (Å²) in [6, 6.07) is 12.0. The first-order chi connectivity index (χ1) is 16.8. The lowest BCUT2D eigenvalue weighted by molar-refractivity contribution is -0.186. The highest BCUT2D eigenvalue weighted by Crippen LogP contribution is 2.60. The monoisotopic (exact) mass is 482 g/mol. The number of fused-ring (bicyclic) bond motifs is 1. The Hall–Kier alpha value is -3.17. The number of hydrazone groups is 1. The molecule has 1 aromatic heterocycles. The Labute approximate surface area is 203 Å². The number of rotatable bonds is 5. The minimum atomic E-state index is -2.55. The number of hydrogen-bond acceptors (Lipinski definition) is 5. The number of benzene rings is 2. The Bertz CT molecular complexity index is 1240. The predicted octanol–water partition coefficient (Wildman–Crippen LogP) is 4.32. The second-order valence-electron chi connectivity index (χ2n) is 10.0. The zero-order chi connectivity index (χ0) is 24.8. The van der Waals surface area contributed by atoms with Gasteiger partial charge >= 0.3 is 0 Å². The molecule has 0 bridgehead atoms. The van der Waals surface area contributed by atoms with Gasteiger partial charge in [0.05, 0.1) is 7.11 Å². The van der Waals surface area contributed by atoms with Gasteiger partial charge < -0.3 is 21.0 Å². The maximum atomic E-state index is 14.0. The summed E-state index contributed by atoms with van der Waals surface area (Å²) >= 11 is 0. The van der Waals surface area contributed by atoms with Gasteiger partial charge in [-0.2, -0.15) is 5.10 Å². The molecule has 1 atom stereocenters. The van der Waals surface area contributed by atoms with Crippen molar-refractivity contribution in [2.24, 2.45) is 22.2 Å². The summed E-state index contributed by atoms with van der Waals surface area (Å²) in [7, 11) is 1.69. The molecular formula is C26H32F2N6O. The molecule has 1 saturated carbocycles. The normalized spacial score (nSPS) is 21.7. The summed E-state index contributed by atoms with van der Waals surface area (Å²) in [5, 5.41) is 4.80. The number of nitrogens with zero attached hydrogens (tertiary/aromatic N) is 2. The molecule has 0 radical (unpaired) electrons. The molecule has 1 aliphatic carbocycles. The molecule has 2 fully saturated rings. The number of aromatic nitrogens is 1. The number of halogens is 2. The number of aryl methyl sites for hydroxylation is 1. The molecule has 1 saturated heterocycles. The van der Waals surface area contributed by atoms with Crippen molar-refractivity contribution in [2.75, 3.05) is 13.7 Å². The summed E-state index contributed by atoms with van der Waals surface area (Å²) in [5.41, 5.74) is 7.35. The van der Waals surface area contributed by atoms with E-state index >= 15 is 0 Å². The van der Waals surface area contributed by atoms with Crippen molar-refractivity contribution in [3.8, 4) is 5.75 Å². The lowest BCUT2D eigenvalue weighted by atomic mass is 9.59. The molecule has 1 unspecified atom stereocenters. The van der Waals surface area contributed by atoms with Crippen molar-refractivity contribution >= 4 is 16.7 Å². The number of H-pyrrole nitrogens is 1. The smallest absolute Gasteiger partial charge is 0.249 e. The van der Waals surface area contributed by atoms with Crippen LogP contribution in [0.25, 0.3) is 10.9 Å². The van der Waals surface area contributed by atoms with Crippen LogP contribution in [0, 0.1) is 12.3 Å². The van der Waals surface area contributed by atoms with Crippen LogP contribution in [0.3, 0.4) is 0 Å². The molecule has 35 heavy (non-hydrogen) atoms. The summed E-state index contributed by atoms with van der Waals surface area (Å²) in [4.78, 5) is 5.73. The zero-order valence-corrected chi connectivity index (χ0v) is 20.1. The molecule has 6 N–H and O–H groups in total. The van der Waals surface area contributed by atoms with Crippen LogP contribution in [0.1, 0.15) is 54.0 Å². The summed E-state index contributed by atoms with van der Waals surface area (Å²) < 4.78 is 33.7. The third-order valence-electron chi connectivity index (χ3n) is 7.79. The maximum Gasteiger partial charge on any atom is 0.249 e. The molecule has 186 valence electrons. The highest BCUT2D eigenvalue weighted by molar-refractivity contribution is 5.98. The molecule has 2 aromatic carbocycles. The SMILES string of the molecule is COc1cc(C)c2[nH]ccc2c1CN1CCC2(CC1c1ccc(/C(=N/N)NN)cc1)CC(F)(F)C2.